The molecule has 0 spiro atoms. The first-order valence-corrected chi connectivity index (χ1v) is 3.28. The predicted octanol–water partition coefficient (Wildman–Crippen LogP) is 2.06. The molecule has 56 valence electrons. The highest BCUT2D eigenvalue weighted by Gasteiger charge is 1.78. The van der Waals surface area contributed by atoms with E-state index in [1.165, 1.54) is 0 Å². The van der Waals surface area contributed by atoms with Gasteiger partial charge in [-0.2, -0.15) is 0 Å². The minimum Gasteiger partial charge on any atom is -0.392 e. The molecule has 10 heavy (non-hydrogen) atoms. The number of aliphatic hydroxyl groups excluding tert-OH is 1. The molecule has 1 nitrogen and oxygen atoms in total. The van der Waals surface area contributed by atoms with Crippen molar-refractivity contribution in [2.24, 2.45) is 0 Å². The molecular weight excluding hydrogens is 124 g/mol. The Balaban J connectivity index is 3.89. The second-order valence-electron chi connectivity index (χ2n) is 2.31. The zero-order valence-corrected chi connectivity index (χ0v) is 6.59. The summed E-state index contributed by atoms with van der Waals surface area (Å²) in [6, 6.07) is 0. The molecule has 0 unspecified atom stereocenters. The van der Waals surface area contributed by atoms with Gasteiger partial charge in [0, 0.05) is 0 Å². The number of hydrogen-bond acceptors (Lipinski definition) is 1. The summed E-state index contributed by atoms with van der Waals surface area (Å²) >= 11 is 0. The normalized spacial score (nSPS) is 12.5. The van der Waals surface area contributed by atoms with E-state index in [9.17, 15) is 0 Å². The molecule has 0 rings (SSSR count). The molecule has 0 saturated carbocycles. The van der Waals surface area contributed by atoms with Crippen LogP contribution in [0.15, 0.2) is 36.0 Å². The summed E-state index contributed by atoms with van der Waals surface area (Å²) in [6.07, 6.45) is 5.60. The topological polar surface area (TPSA) is 20.2 Å². The van der Waals surface area contributed by atoms with Crippen LogP contribution in [0.5, 0.6) is 0 Å². The Labute approximate surface area is 62.4 Å². The molecule has 0 radical (unpaired) electrons. The average Bonchev–Trinajstić information content (AvgIpc) is 1.85. The van der Waals surface area contributed by atoms with Gasteiger partial charge in [0.1, 0.15) is 0 Å². The van der Waals surface area contributed by atoms with E-state index in [1.54, 1.807) is 6.08 Å². The van der Waals surface area contributed by atoms with Crippen molar-refractivity contribution in [1.29, 1.82) is 0 Å². The second-order valence-corrected chi connectivity index (χ2v) is 2.31. The Morgan fingerprint density at radius 2 is 2.00 bits per heavy atom. The van der Waals surface area contributed by atoms with E-state index in [2.05, 4.69) is 6.58 Å². The van der Waals surface area contributed by atoms with Crippen molar-refractivity contribution in [1.82, 2.24) is 0 Å². The van der Waals surface area contributed by atoms with Crippen LogP contribution < -0.4 is 0 Å². The minimum absolute atomic E-state index is 0.104. The van der Waals surface area contributed by atoms with Crippen LogP contribution in [0.25, 0.3) is 0 Å². The van der Waals surface area contributed by atoms with Crippen LogP contribution in [-0.2, 0) is 0 Å². The fourth-order valence-electron chi connectivity index (χ4n) is 0.486. The largest absolute Gasteiger partial charge is 0.392 e. The summed E-state index contributed by atoms with van der Waals surface area (Å²) in [5.41, 5.74) is 2.08. The van der Waals surface area contributed by atoms with Gasteiger partial charge in [0.15, 0.2) is 0 Å². The zero-order valence-electron chi connectivity index (χ0n) is 6.59. The molecule has 1 N–H and O–H groups in total. The third-order valence-corrected chi connectivity index (χ3v) is 1.04. The maximum absolute atomic E-state index is 8.47. The van der Waals surface area contributed by atoms with Crippen molar-refractivity contribution >= 4 is 0 Å². The van der Waals surface area contributed by atoms with Crippen molar-refractivity contribution in [3.63, 3.8) is 0 Å². The fraction of sp³-hybridized carbons (Fsp3) is 0.333. The standard InChI is InChI=1S/C9H14O/c1-8(2)4-5-9(3)6-7-10/h4-6,10H,1,7H2,2-3H3/b5-4+,9-6-. The van der Waals surface area contributed by atoms with E-state index in [1.807, 2.05) is 26.0 Å². The van der Waals surface area contributed by atoms with Gasteiger partial charge < -0.3 is 5.11 Å². The van der Waals surface area contributed by atoms with E-state index in [0.717, 1.165) is 11.1 Å². The van der Waals surface area contributed by atoms with Gasteiger partial charge in [-0.05, 0) is 13.8 Å². The molecule has 0 bridgehead atoms. The molecule has 0 saturated heterocycles. The van der Waals surface area contributed by atoms with Crippen LogP contribution >= 0.6 is 0 Å². The summed E-state index contributed by atoms with van der Waals surface area (Å²) in [7, 11) is 0. The monoisotopic (exact) mass is 138 g/mol. The highest BCUT2D eigenvalue weighted by atomic mass is 16.2. The van der Waals surface area contributed by atoms with Crippen molar-refractivity contribution in [2.75, 3.05) is 6.61 Å². The lowest BCUT2D eigenvalue weighted by Crippen LogP contribution is -1.75. The Morgan fingerprint density at radius 3 is 2.40 bits per heavy atom. The predicted molar refractivity (Wildman–Crippen MR) is 44.8 cm³/mol. The first-order valence-electron chi connectivity index (χ1n) is 3.28. The molecule has 0 aromatic heterocycles. The van der Waals surface area contributed by atoms with Crippen molar-refractivity contribution in [3.8, 4) is 0 Å². The summed E-state index contributed by atoms with van der Waals surface area (Å²) in [6.45, 7) is 7.69. The van der Waals surface area contributed by atoms with Crippen LogP contribution in [0.1, 0.15) is 13.8 Å². The maximum Gasteiger partial charge on any atom is 0.0617 e. The first kappa shape index (κ1) is 9.18. The van der Waals surface area contributed by atoms with Gasteiger partial charge in [-0.3, -0.25) is 0 Å². The third-order valence-electron chi connectivity index (χ3n) is 1.04. The lowest BCUT2D eigenvalue weighted by Gasteiger charge is -1.89. The molecule has 0 amide bonds. The molecule has 0 aromatic rings. The molecule has 0 atom stereocenters. The molecule has 0 aliphatic carbocycles. The van der Waals surface area contributed by atoms with Gasteiger partial charge in [-0.1, -0.05) is 36.0 Å². The number of rotatable bonds is 3. The van der Waals surface area contributed by atoms with Crippen LogP contribution in [0.4, 0.5) is 0 Å². The number of allylic oxidation sites excluding steroid dienone is 4. The van der Waals surface area contributed by atoms with Crippen LogP contribution in [-0.4, -0.2) is 11.7 Å². The van der Waals surface area contributed by atoms with E-state index in [-0.39, 0.29) is 6.61 Å². The molecule has 0 aliphatic heterocycles. The molecule has 1 heteroatoms. The smallest absolute Gasteiger partial charge is 0.0617 e. The molecular formula is C9H14O. The SMILES string of the molecule is C=C(C)/C=C/C(C)=C\CO. The average molecular weight is 138 g/mol. The summed E-state index contributed by atoms with van der Waals surface area (Å²) in [4.78, 5) is 0. The third kappa shape index (κ3) is 5.32. The van der Waals surface area contributed by atoms with Gasteiger partial charge in [0.2, 0.25) is 0 Å². The number of aliphatic hydroxyl groups is 1. The maximum atomic E-state index is 8.47. The Bertz CT molecular complexity index is 164. The van der Waals surface area contributed by atoms with Gasteiger partial charge in [0.05, 0.1) is 6.61 Å². The lowest BCUT2D eigenvalue weighted by molar-refractivity contribution is 0.342. The van der Waals surface area contributed by atoms with Crippen LogP contribution in [0.2, 0.25) is 0 Å². The molecule has 0 aliphatic rings. The minimum atomic E-state index is 0.104. The summed E-state index contributed by atoms with van der Waals surface area (Å²) in [5.74, 6) is 0. The Kier molecular flexibility index (Phi) is 4.59. The van der Waals surface area contributed by atoms with E-state index < -0.39 is 0 Å². The Morgan fingerprint density at radius 1 is 1.40 bits per heavy atom. The zero-order chi connectivity index (χ0) is 7.98. The highest BCUT2D eigenvalue weighted by molar-refractivity contribution is 5.23. The fourth-order valence-corrected chi connectivity index (χ4v) is 0.486. The van der Waals surface area contributed by atoms with Crippen molar-refractivity contribution in [2.45, 2.75) is 13.8 Å². The van der Waals surface area contributed by atoms with Crippen LogP contribution in [0.3, 0.4) is 0 Å². The molecule has 0 aromatic carbocycles. The number of hydrogen-bond donors (Lipinski definition) is 1. The second kappa shape index (κ2) is 5.00. The molecule has 0 fully saturated rings. The molecule has 0 heterocycles. The lowest BCUT2D eigenvalue weighted by atomic mass is 10.2. The first-order chi connectivity index (χ1) is 4.66. The van der Waals surface area contributed by atoms with Crippen molar-refractivity contribution in [3.05, 3.63) is 36.0 Å². The van der Waals surface area contributed by atoms with Crippen molar-refractivity contribution < 1.29 is 5.11 Å². The summed E-state index contributed by atoms with van der Waals surface area (Å²) in [5, 5.41) is 8.47. The van der Waals surface area contributed by atoms with Crippen LogP contribution in [0, 0.1) is 0 Å². The Hall–Kier alpha value is -0.820. The van der Waals surface area contributed by atoms with E-state index in [0.29, 0.717) is 0 Å². The quantitative estimate of drug-likeness (QED) is 0.592. The van der Waals surface area contributed by atoms with Gasteiger partial charge in [-0.15, -0.1) is 0 Å². The van der Waals surface area contributed by atoms with E-state index >= 15 is 0 Å². The summed E-state index contributed by atoms with van der Waals surface area (Å²) < 4.78 is 0. The van der Waals surface area contributed by atoms with E-state index in [4.69, 9.17) is 5.11 Å². The highest BCUT2D eigenvalue weighted by Crippen LogP contribution is 1.97. The van der Waals surface area contributed by atoms with Gasteiger partial charge in [-0.25, -0.2) is 0 Å². The van der Waals surface area contributed by atoms with Gasteiger partial charge >= 0.3 is 0 Å². The van der Waals surface area contributed by atoms with Gasteiger partial charge in [0.25, 0.3) is 0 Å².